The molecule has 5 nitrogen and oxygen atoms in total. The van der Waals surface area contributed by atoms with Gasteiger partial charge < -0.3 is 19.7 Å². The first-order valence-corrected chi connectivity index (χ1v) is 10.9. The third-order valence-electron chi connectivity index (χ3n) is 6.28. The van der Waals surface area contributed by atoms with Crippen LogP contribution in [0, 0.1) is 12.8 Å². The van der Waals surface area contributed by atoms with Crippen LogP contribution in [0.5, 0.6) is 11.5 Å². The molecular weight excluding hydrogens is 376 g/mol. The van der Waals surface area contributed by atoms with Gasteiger partial charge in [0.15, 0.2) is 11.5 Å². The Bertz CT molecular complexity index is 877. The largest absolute Gasteiger partial charge is 0.493 e. The van der Waals surface area contributed by atoms with E-state index < -0.39 is 0 Å². The van der Waals surface area contributed by atoms with Crippen LogP contribution in [-0.2, 0) is 6.42 Å². The molecule has 30 heavy (non-hydrogen) atoms. The number of ether oxygens (including phenoxy) is 2. The van der Waals surface area contributed by atoms with Crippen LogP contribution in [0.15, 0.2) is 36.4 Å². The average molecular weight is 412 g/mol. The first kappa shape index (κ1) is 22.2. The average Bonchev–Trinajstić information content (AvgIpc) is 2.75. The van der Waals surface area contributed by atoms with Crippen LogP contribution in [0.4, 0.5) is 0 Å². The van der Waals surface area contributed by atoms with E-state index in [-0.39, 0.29) is 23.9 Å². The van der Waals surface area contributed by atoms with Gasteiger partial charge in [-0.25, -0.2) is 0 Å². The van der Waals surface area contributed by atoms with Gasteiger partial charge >= 0.3 is 0 Å². The van der Waals surface area contributed by atoms with Crippen LogP contribution < -0.4 is 19.7 Å². The SMILES string of the molecule is CC[NH+]1CCc2cc(OC)c(OC)cc2[C@H]1[C@H](NC(=O)c1ccc(C)cc1)C(C)C. The van der Waals surface area contributed by atoms with Crippen molar-refractivity contribution in [3.8, 4) is 11.5 Å². The fourth-order valence-corrected chi connectivity index (χ4v) is 4.53. The number of rotatable bonds is 7. The van der Waals surface area contributed by atoms with Crippen molar-refractivity contribution in [2.75, 3.05) is 27.3 Å². The van der Waals surface area contributed by atoms with Gasteiger partial charge in [0.25, 0.3) is 5.91 Å². The van der Waals surface area contributed by atoms with Gasteiger partial charge in [0, 0.05) is 17.5 Å². The first-order valence-electron chi connectivity index (χ1n) is 10.9. The van der Waals surface area contributed by atoms with Crippen molar-refractivity contribution in [2.45, 2.75) is 46.2 Å². The number of amides is 1. The highest BCUT2D eigenvalue weighted by molar-refractivity contribution is 5.94. The number of quaternary nitrogens is 1. The van der Waals surface area contributed by atoms with Gasteiger partial charge in [0.1, 0.15) is 6.04 Å². The third-order valence-corrected chi connectivity index (χ3v) is 6.28. The molecule has 0 saturated carbocycles. The Labute approximate surface area is 180 Å². The molecule has 3 rings (SSSR count). The molecule has 0 aromatic heterocycles. The van der Waals surface area contributed by atoms with Gasteiger partial charge in [0.2, 0.25) is 0 Å². The zero-order chi connectivity index (χ0) is 21.8. The molecule has 2 aromatic rings. The molecule has 0 aliphatic carbocycles. The number of nitrogens with one attached hydrogen (secondary N) is 2. The summed E-state index contributed by atoms with van der Waals surface area (Å²) in [5.41, 5.74) is 4.38. The lowest BCUT2D eigenvalue weighted by Gasteiger charge is -2.40. The summed E-state index contributed by atoms with van der Waals surface area (Å²) in [5.74, 6) is 1.77. The second kappa shape index (κ2) is 9.52. The summed E-state index contributed by atoms with van der Waals surface area (Å²) in [6, 6.07) is 12.1. The Hall–Kier alpha value is -2.53. The number of aryl methyl sites for hydroxylation is 1. The highest BCUT2D eigenvalue weighted by Crippen LogP contribution is 2.36. The molecule has 1 aliphatic heterocycles. The number of methoxy groups -OCH3 is 2. The van der Waals surface area contributed by atoms with E-state index in [2.05, 4.69) is 38.2 Å². The number of hydrogen-bond acceptors (Lipinski definition) is 3. The zero-order valence-corrected chi connectivity index (χ0v) is 19.0. The van der Waals surface area contributed by atoms with E-state index in [1.807, 2.05) is 31.2 Å². The molecule has 2 N–H and O–H groups in total. The van der Waals surface area contributed by atoms with E-state index in [0.717, 1.165) is 36.6 Å². The van der Waals surface area contributed by atoms with Crippen LogP contribution in [0.25, 0.3) is 0 Å². The maximum absolute atomic E-state index is 13.1. The molecule has 1 amide bonds. The van der Waals surface area contributed by atoms with E-state index in [0.29, 0.717) is 5.56 Å². The Morgan fingerprint density at radius 3 is 2.33 bits per heavy atom. The Morgan fingerprint density at radius 2 is 1.77 bits per heavy atom. The fraction of sp³-hybridized carbons (Fsp3) is 0.480. The van der Waals surface area contributed by atoms with E-state index in [1.54, 1.807) is 14.2 Å². The Balaban J connectivity index is 2.00. The van der Waals surface area contributed by atoms with Crippen LogP contribution >= 0.6 is 0 Å². The molecule has 162 valence electrons. The Morgan fingerprint density at radius 1 is 1.13 bits per heavy atom. The summed E-state index contributed by atoms with van der Waals surface area (Å²) >= 11 is 0. The van der Waals surface area contributed by atoms with Crippen LogP contribution in [0.3, 0.4) is 0 Å². The molecule has 1 unspecified atom stereocenters. The van der Waals surface area contributed by atoms with Crippen molar-refractivity contribution in [2.24, 2.45) is 5.92 Å². The number of carbonyl (C=O) groups excluding carboxylic acids is 1. The molecule has 0 bridgehead atoms. The van der Waals surface area contributed by atoms with Crippen molar-refractivity contribution < 1.29 is 19.2 Å². The Kier molecular flexibility index (Phi) is 7.03. The van der Waals surface area contributed by atoms with Crippen molar-refractivity contribution in [1.82, 2.24) is 5.32 Å². The number of benzene rings is 2. The van der Waals surface area contributed by atoms with Gasteiger partial charge in [-0.05, 0) is 49.6 Å². The van der Waals surface area contributed by atoms with Gasteiger partial charge in [0.05, 0.1) is 33.4 Å². The van der Waals surface area contributed by atoms with E-state index in [1.165, 1.54) is 16.0 Å². The summed E-state index contributed by atoms with van der Waals surface area (Å²) in [6.45, 7) is 10.6. The lowest BCUT2D eigenvalue weighted by molar-refractivity contribution is -0.934. The molecule has 0 fully saturated rings. The van der Waals surface area contributed by atoms with Crippen LogP contribution in [0.2, 0.25) is 0 Å². The topological polar surface area (TPSA) is 52.0 Å². The van der Waals surface area contributed by atoms with E-state index in [9.17, 15) is 4.79 Å². The van der Waals surface area contributed by atoms with Crippen LogP contribution in [0.1, 0.15) is 53.9 Å². The number of likely N-dealkylation sites (N-methyl/N-ethyl adjacent to an activating group) is 1. The normalized spacial score (nSPS) is 19.2. The fourth-order valence-electron chi connectivity index (χ4n) is 4.53. The lowest BCUT2D eigenvalue weighted by atomic mass is 9.83. The van der Waals surface area contributed by atoms with Gasteiger partial charge in [-0.1, -0.05) is 31.5 Å². The highest BCUT2D eigenvalue weighted by atomic mass is 16.5. The minimum Gasteiger partial charge on any atom is -0.493 e. The lowest BCUT2D eigenvalue weighted by Crippen LogP contribution is -3.14. The molecule has 1 aliphatic rings. The molecule has 0 radical (unpaired) electrons. The third kappa shape index (κ3) is 4.46. The summed E-state index contributed by atoms with van der Waals surface area (Å²) < 4.78 is 11.1. The highest BCUT2D eigenvalue weighted by Gasteiger charge is 2.39. The molecule has 3 atom stereocenters. The number of fused-ring (bicyclic) bond motifs is 1. The summed E-state index contributed by atoms with van der Waals surface area (Å²) in [5, 5.41) is 3.36. The molecule has 1 heterocycles. The first-order chi connectivity index (χ1) is 14.4. The van der Waals surface area contributed by atoms with E-state index >= 15 is 0 Å². The summed E-state index contributed by atoms with van der Waals surface area (Å²) in [4.78, 5) is 14.6. The number of carbonyl (C=O) groups is 1. The second-order valence-electron chi connectivity index (χ2n) is 8.50. The van der Waals surface area contributed by atoms with E-state index in [4.69, 9.17) is 9.47 Å². The molecular formula is C25H35N2O3+. The smallest absolute Gasteiger partial charge is 0.251 e. The molecule has 2 aromatic carbocycles. The van der Waals surface area contributed by atoms with Crippen molar-refractivity contribution in [1.29, 1.82) is 0 Å². The monoisotopic (exact) mass is 411 g/mol. The van der Waals surface area contributed by atoms with Gasteiger partial charge in [-0.2, -0.15) is 0 Å². The number of hydrogen-bond donors (Lipinski definition) is 2. The predicted molar refractivity (Wildman–Crippen MR) is 120 cm³/mol. The quantitative estimate of drug-likeness (QED) is 0.737. The maximum Gasteiger partial charge on any atom is 0.251 e. The maximum atomic E-state index is 13.1. The van der Waals surface area contributed by atoms with Gasteiger partial charge in [-0.3, -0.25) is 4.79 Å². The zero-order valence-electron chi connectivity index (χ0n) is 19.0. The van der Waals surface area contributed by atoms with Crippen molar-refractivity contribution in [3.05, 3.63) is 58.7 Å². The minimum atomic E-state index is -0.0169. The summed E-state index contributed by atoms with van der Waals surface area (Å²) in [7, 11) is 3.35. The minimum absolute atomic E-state index is 0.00547. The summed E-state index contributed by atoms with van der Waals surface area (Å²) in [6.07, 6.45) is 0.992. The predicted octanol–water partition coefficient (Wildman–Crippen LogP) is 2.97. The standard InChI is InChI=1S/C25H34N2O3/c1-7-27-13-12-19-14-21(29-5)22(30-6)15-20(19)24(27)23(16(2)3)26-25(28)18-10-8-17(4)9-11-18/h8-11,14-16,23-24H,7,12-13H2,1-6H3,(H,26,28)/p+1/t23-,24+/m1/s1. The molecule has 0 spiro atoms. The van der Waals surface area contributed by atoms with Crippen molar-refractivity contribution >= 4 is 5.91 Å². The molecule has 5 heteroatoms. The molecule has 0 saturated heterocycles. The second-order valence-corrected chi connectivity index (χ2v) is 8.50. The van der Waals surface area contributed by atoms with Crippen LogP contribution in [-0.4, -0.2) is 39.3 Å². The van der Waals surface area contributed by atoms with Gasteiger partial charge in [-0.15, -0.1) is 0 Å². The van der Waals surface area contributed by atoms with Crippen molar-refractivity contribution in [3.63, 3.8) is 0 Å².